The van der Waals surface area contributed by atoms with E-state index in [2.05, 4.69) is 10.1 Å². The monoisotopic (exact) mass is 205 g/mol. The summed E-state index contributed by atoms with van der Waals surface area (Å²) in [6, 6.07) is 4.26. The number of nitrogens with zero attached hydrogens (tertiary/aromatic N) is 3. The molecule has 0 aliphatic rings. The average Bonchev–Trinajstić information content (AvgIpc) is 2.24. The number of hydrogen-bond acceptors (Lipinski definition) is 3. The topological polar surface area (TPSA) is 47.8 Å². The first-order chi connectivity index (χ1) is 7.18. The summed E-state index contributed by atoms with van der Waals surface area (Å²) in [6.45, 7) is 1.69. The number of halogens is 1. The molecule has 0 aliphatic carbocycles. The minimum Gasteiger partial charge on any atom is -0.267 e. The van der Waals surface area contributed by atoms with Crippen LogP contribution in [-0.2, 0) is 0 Å². The lowest BCUT2D eigenvalue weighted by molar-refractivity contribution is 0.582. The largest absolute Gasteiger partial charge is 0.274 e. The molecule has 5 heteroatoms. The molecule has 0 aromatic carbocycles. The smallest absolute Gasteiger partial charge is 0.267 e. The molecule has 2 aromatic heterocycles. The minimum absolute atomic E-state index is 0.231. The fourth-order valence-electron chi connectivity index (χ4n) is 1.18. The van der Waals surface area contributed by atoms with E-state index in [0.29, 0.717) is 11.3 Å². The quantitative estimate of drug-likeness (QED) is 0.654. The molecule has 0 aliphatic heterocycles. The molecule has 0 spiro atoms. The molecule has 4 nitrogen and oxygen atoms in total. The molecule has 0 saturated carbocycles. The zero-order valence-electron chi connectivity index (χ0n) is 8.01. The zero-order chi connectivity index (χ0) is 10.8. The van der Waals surface area contributed by atoms with Gasteiger partial charge in [0.05, 0.1) is 11.9 Å². The molecule has 0 atom stereocenters. The Morgan fingerprint density at radius 2 is 2.13 bits per heavy atom. The van der Waals surface area contributed by atoms with Crippen LogP contribution in [0.5, 0.6) is 0 Å². The van der Waals surface area contributed by atoms with Gasteiger partial charge in [-0.05, 0) is 25.1 Å². The molecular formula is C10H8FN3O. The lowest BCUT2D eigenvalue weighted by Gasteiger charge is -2.03. The van der Waals surface area contributed by atoms with Crippen LogP contribution in [0.15, 0.2) is 35.4 Å². The molecule has 0 radical (unpaired) electrons. The van der Waals surface area contributed by atoms with E-state index < -0.39 is 5.95 Å². The molecule has 0 N–H and O–H groups in total. The van der Waals surface area contributed by atoms with Crippen LogP contribution in [0.4, 0.5) is 4.39 Å². The number of aromatic nitrogens is 3. The summed E-state index contributed by atoms with van der Waals surface area (Å²) in [5.74, 6) is -0.584. The zero-order valence-corrected chi connectivity index (χ0v) is 8.01. The molecule has 2 aromatic rings. The van der Waals surface area contributed by atoms with Crippen molar-refractivity contribution in [2.24, 2.45) is 0 Å². The lowest BCUT2D eigenvalue weighted by atomic mass is 10.3. The Morgan fingerprint density at radius 1 is 1.33 bits per heavy atom. The fraction of sp³-hybridized carbons (Fsp3) is 0.100. The highest BCUT2D eigenvalue weighted by Crippen LogP contribution is 2.02. The Labute approximate surface area is 85.0 Å². The first-order valence-corrected chi connectivity index (χ1v) is 4.35. The van der Waals surface area contributed by atoms with Crippen molar-refractivity contribution in [1.82, 2.24) is 14.8 Å². The SMILES string of the molecule is Cc1ccnn(-c2ccc(F)nc2)c1=O. The molecule has 2 heterocycles. The van der Waals surface area contributed by atoms with Crippen molar-refractivity contribution >= 4 is 0 Å². The third-order valence-electron chi connectivity index (χ3n) is 1.99. The number of rotatable bonds is 1. The summed E-state index contributed by atoms with van der Waals surface area (Å²) in [5, 5.41) is 3.88. The first-order valence-electron chi connectivity index (χ1n) is 4.35. The van der Waals surface area contributed by atoms with E-state index in [4.69, 9.17) is 0 Å². The van der Waals surface area contributed by atoms with E-state index >= 15 is 0 Å². The van der Waals surface area contributed by atoms with Gasteiger partial charge >= 0.3 is 0 Å². The predicted octanol–water partition coefficient (Wildman–Crippen LogP) is 1.08. The first kappa shape index (κ1) is 9.51. The van der Waals surface area contributed by atoms with Crippen LogP contribution in [0.3, 0.4) is 0 Å². The van der Waals surface area contributed by atoms with Crippen LogP contribution < -0.4 is 5.56 Å². The lowest BCUT2D eigenvalue weighted by Crippen LogP contribution is -2.22. The van der Waals surface area contributed by atoms with Gasteiger partial charge in [-0.3, -0.25) is 4.79 Å². The second-order valence-corrected chi connectivity index (χ2v) is 3.07. The van der Waals surface area contributed by atoms with Crippen LogP contribution in [0, 0.1) is 12.9 Å². The Hall–Kier alpha value is -2.04. The number of aryl methyl sites for hydroxylation is 1. The third-order valence-corrected chi connectivity index (χ3v) is 1.99. The molecule has 2 rings (SSSR count). The molecule has 76 valence electrons. The van der Waals surface area contributed by atoms with Crippen LogP contribution in [0.25, 0.3) is 5.69 Å². The second-order valence-electron chi connectivity index (χ2n) is 3.07. The van der Waals surface area contributed by atoms with Gasteiger partial charge in [0, 0.05) is 11.8 Å². The van der Waals surface area contributed by atoms with Crippen LogP contribution in [-0.4, -0.2) is 14.8 Å². The van der Waals surface area contributed by atoms with Crippen molar-refractivity contribution in [2.45, 2.75) is 6.92 Å². The Kier molecular flexibility index (Phi) is 2.29. The van der Waals surface area contributed by atoms with Crippen molar-refractivity contribution in [3.8, 4) is 5.69 Å². The van der Waals surface area contributed by atoms with Crippen molar-refractivity contribution in [3.05, 3.63) is 52.5 Å². The summed E-state index contributed by atoms with van der Waals surface area (Å²) in [4.78, 5) is 15.1. The van der Waals surface area contributed by atoms with Gasteiger partial charge in [0.15, 0.2) is 0 Å². The Balaban J connectivity index is 2.59. The van der Waals surface area contributed by atoms with Gasteiger partial charge < -0.3 is 0 Å². The van der Waals surface area contributed by atoms with E-state index in [1.165, 1.54) is 29.2 Å². The van der Waals surface area contributed by atoms with Gasteiger partial charge in [0.25, 0.3) is 5.56 Å². The van der Waals surface area contributed by atoms with Crippen LogP contribution in [0.1, 0.15) is 5.56 Å². The maximum atomic E-state index is 12.6. The molecule has 0 fully saturated rings. The van der Waals surface area contributed by atoms with Gasteiger partial charge in [-0.15, -0.1) is 0 Å². The Bertz CT molecular complexity index is 533. The molecule has 0 amide bonds. The van der Waals surface area contributed by atoms with Crippen molar-refractivity contribution < 1.29 is 4.39 Å². The highest BCUT2D eigenvalue weighted by Gasteiger charge is 2.03. The molecular weight excluding hydrogens is 197 g/mol. The van der Waals surface area contributed by atoms with Gasteiger partial charge in [0.1, 0.15) is 0 Å². The molecule has 15 heavy (non-hydrogen) atoms. The maximum Gasteiger partial charge on any atom is 0.274 e. The second kappa shape index (κ2) is 3.61. The van der Waals surface area contributed by atoms with E-state index in [0.717, 1.165) is 0 Å². The molecule has 0 bridgehead atoms. The predicted molar refractivity (Wildman–Crippen MR) is 52.3 cm³/mol. The Morgan fingerprint density at radius 3 is 2.80 bits per heavy atom. The van der Waals surface area contributed by atoms with Gasteiger partial charge in [-0.2, -0.15) is 14.2 Å². The summed E-state index contributed by atoms with van der Waals surface area (Å²) in [6.07, 6.45) is 2.78. The van der Waals surface area contributed by atoms with E-state index in [-0.39, 0.29) is 5.56 Å². The van der Waals surface area contributed by atoms with Crippen LogP contribution in [0.2, 0.25) is 0 Å². The average molecular weight is 205 g/mol. The normalized spacial score (nSPS) is 10.3. The van der Waals surface area contributed by atoms with E-state index in [9.17, 15) is 9.18 Å². The highest BCUT2D eigenvalue weighted by atomic mass is 19.1. The molecule has 0 saturated heterocycles. The summed E-state index contributed by atoms with van der Waals surface area (Å²) >= 11 is 0. The third kappa shape index (κ3) is 1.76. The fourth-order valence-corrected chi connectivity index (χ4v) is 1.18. The van der Waals surface area contributed by atoms with Gasteiger partial charge in [-0.25, -0.2) is 4.98 Å². The van der Waals surface area contributed by atoms with Crippen molar-refractivity contribution in [1.29, 1.82) is 0 Å². The summed E-state index contributed by atoms with van der Waals surface area (Å²) < 4.78 is 13.7. The van der Waals surface area contributed by atoms with Crippen molar-refractivity contribution in [2.75, 3.05) is 0 Å². The minimum atomic E-state index is -0.584. The van der Waals surface area contributed by atoms with Crippen LogP contribution >= 0.6 is 0 Å². The maximum absolute atomic E-state index is 12.6. The van der Waals surface area contributed by atoms with Gasteiger partial charge in [0.2, 0.25) is 5.95 Å². The summed E-state index contributed by atoms with van der Waals surface area (Å²) in [7, 11) is 0. The number of pyridine rings is 1. The summed E-state index contributed by atoms with van der Waals surface area (Å²) in [5.41, 5.74) is 0.797. The van der Waals surface area contributed by atoms with Gasteiger partial charge in [-0.1, -0.05) is 0 Å². The van der Waals surface area contributed by atoms with Crippen molar-refractivity contribution in [3.63, 3.8) is 0 Å². The van der Waals surface area contributed by atoms with E-state index in [1.54, 1.807) is 13.0 Å². The number of hydrogen-bond donors (Lipinski definition) is 0. The highest BCUT2D eigenvalue weighted by molar-refractivity contribution is 5.27. The molecule has 0 unspecified atom stereocenters. The van der Waals surface area contributed by atoms with E-state index in [1.807, 2.05) is 0 Å². The standard InChI is InChI=1S/C10H8FN3O/c1-7-4-5-13-14(10(7)15)8-2-3-9(11)12-6-8/h2-6H,1H3.